The molecule has 2 heterocycles. The van der Waals surface area contributed by atoms with Crippen LogP contribution in [0.25, 0.3) is 0 Å². The molecule has 2 aromatic heterocycles. The van der Waals surface area contributed by atoms with Crippen LogP contribution in [0.4, 0.5) is 5.00 Å². The molecule has 2 rings (SSSR count). The second-order valence-corrected chi connectivity index (χ2v) is 4.65. The summed E-state index contributed by atoms with van der Waals surface area (Å²) in [6.45, 7) is 3.45. The lowest BCUT2D eigenvalue weighted by molar-refractivity contribution is 0.0698. The van der Waals surface area contributed by atoms with Gasteiger partial charge in [-0.15, -0.1) is 11.3 Å². The number of nitrogens with zero attached hydrogens (tertiary/aromatic N) is 1. The molecule has 0 unspecified atom stereocenters. The van der Waals surface area contributed by atoms with Crippen LogP contribution in [0.15, 0.2) is 11.4 Å². The first-order chi connectivity index (χ1) is 8.50. The van der Waals surface area contributed by atoms with E-state index in [1.807, 2.05) is 0 Å². The summed E-state index contributed by atoms with van der Waals surface area (Å²) in [6, 6.07) is 1.46. The highest BCUT2D eigenvalue weighted by Gasteiger charge is 2.19. The van der Waals surface area contributed by atoms with Gasteiger partial charge < -0.3 is 10.4 Å². The number of aromatic amines is 1. The van der Waals surface area contributed by atoms with E-state index in [9.17, 15) is 9.59 Å². The SMILES string of the molecule is Cc1n[nH]c(C)c1C(=O)Nc1sccc1C(=O)O. The molecule has 0 fully saturated rings. The Labute approximate surface area is 107 Å². The van der Waals surface area contributed by atoms with E-state index in [2.05, 4.69) is 15.5 Å². The molecular formula is C11H11N3O3S. The van der Waals surface area contributed by atoms with E-state index in [1.54, 1.807) is 19.2 Å². The highest BCUT2D eigenvalue weighted by Crippen LogP contribution is 2.24. The number of H-pyrrole nitrogens is 1. The van der Waals surface area contributed by atoms with Gasteiger partial charge in [0.2, 0.25) is 0 Å². The lowest BCUT2D eigenvalue weighted by Crippen LogP contribution is -2.14. The van der Waals surface area contributed by atoms with Crippen molar-refractivity contribution in [1.29, 1.82) is 0 Å². The maximum Gasteiger partial charge on any atom is 0.338 e. The van der Waals surface area contributed by atoms with Crippen LogP contribution in [-0.4, -0.2) is 27.2 Å². The largest absolute Gasteiger partial charge is 0.478 e. The van der Waals surface area contributed by atoms with Crippen molar-refractivity contribution >= 4 is 28.2 Å². The molecule has 7 heteroatoms. The summed E-state index contributed by atoms with van der Waals surface area (Å²) in [5, 5.41) is 20.1. The van der Waals surface area contributed by atoms with Gasteiger partial charge in [-0.05, 0) is 25.3 Å². The van der Waals surface area contributed by atoms with Crippen LogP contribution in [0.2, 0.25) is 0 Å². The molecular weight excluding hydrogens is 254 g/mol. The van der Waals surface area contributed by atoms with Crippen LogP contribution in [0.1, 0.15) is 32.1 Å². The third kappa shape index (κ3) is 2.12. The van der Waals surface area contributed by atoms with E-state index in [4.69, 9.17) is 5.11 Å². The molecule has 1 amide bonds. The summed E-state index contributed by atoms with van der Waals surface area (Å²) in [4.78, 5) is 23.0. The monoisotopic (exact) mass is 265 g/mol. The third-order valence-electron chi connectivity index (χ3n) is 2.48. The Morgan fingerprint density at radius 3 is 2.72 bits per heavy atom. The molecule has 0 aliphatic carbocycles. The minimum Gasteiger partial charge on any atom is -0.478 e. The number of carbonyl (C=O) groups excluding carboxylic acids is 1. The van der Waals surface area contributed by atoms with Crippen LogP contribution >= 0.6 is 11.3 Å². The van der Waals surface area contributed by atoms with Crippen molar-refractivity contribution in [3.05, 3.63) is 34.0 Å². The van der Waals surface area contributed by atoms with E-state index in [-0.39, 0.29) is 11.5 Å². The van der Waals surface area contributed by atoms with Gasteiger partial charge in [-0.1, -0.05) is 0 Å². The number of aryl methyl sites for hydroxylation is 2. The molecule has 3 N–H and O–H groups in total. The predicted octanol–water partition coefficient (Wildman–Crippen LogP) is 2.04. The van der Waals surface area contributed by atoms with Gasteiger partial charge in [0, 0.05) is 5.69 Å². The molecule has 18 heavy (non-hydrogen) atoms. The van der Waals surface area contributed by atoms with Gasteiger partial charge in [0.15, 0.2) is 0 Å². The first-order valence-corrected chi connectivity index (χ1v) is 6.02. The molecule has 0 aliphatic rings. The zero-order valence-electron chi connectivity index (χ0n) is 9.77. The molecule has 0 bridgehead atoms. The Morgan fingerprint density at radius 1 is 1.44 bits per heavy atom. The second kappa shape index (κ2) is 4.61. The van der Waals surface area contributed by atoms with Crippen molar-refractivity contribution in [1.82, 2.24) is 10.2 Å². The van der Waals surface area contributed by atoms with Gasteiger partial charge >= 0.3 is 5.97 Å². The van der Waals surface area contributed by atoms with E-state index in [0.717, 1.165) is 0 Å². The molecule has 0 atom stereocenters. The maximum absolute atomic E-state index is 12.0. The standard InChI is InChI=1S/C11H11N3O3S/c1-5-8(6(2)14-13-5)9(15)12-10-7(11(16)17)3-4-18-10/h3-4H,1-2H3,(H,12,15)(H,13,14)(H,16,17). The molecule has 0 aliphatic heterocycles. The predicted molar refractivity (Wildman–Crippen MR) is 67.3 cm³/mol. The van der Waals surface area contributed by atoms with E-state index >= 15 is 0 Å². The summed E-state index contributed by atoms with van der Waals surface area (Å²) >= 11 is 1.17. The number of carboxylic acids is 1. The number of anilines is 1. The highest BCUT2D eigenvalue weighted by atomic mass is 32.1. The Balaban J connectivity index is 2.27. The average molecular weight is 265 g/mol. The number of hydrogen-bond donors (Lipinski definition) is 3. The Hall–Kier alpha value is -2.15. The summed E-state index contributed by atoms with van der Waals surface area (Å²) in [5.74, 6) is -1.42. The van der Waals surface area contributed by atoms with Crippen LogP contribution < -0.4 is 5.32 Å². The van der Waals surface area contributed by atoms with E-state index < -0.39 is 5.97 Å². The Kier molecular flexibility index (Phi) is 3.15. The minimum absolute atomic E-state index is 0.0900. The summed E-state index contributed by atoms with van der Waals surface area (Å²) < 4.78 is 0. The number of thiophene rings is 1. The van der Waals surface area contributed by atoms with Crippen LogP contribution in [0.5, 0.6) is 0 Å². The lowest BCUT2D eigenvalue weighted by Gasteiger charge is -2.04. The summed E-state index contributed by atoms with van der Waals surface area (Å²) in [6.07, 6.45) is 0. The summed E-state index contributed by atoms with van der Waals surface area (Å²) in [7, 11) is 0. The van der Waals surface area contributed by atoms with Crippen molar-refractivity contribution in [2.45, 2.75) is 13.8 Å². The fourth-order valence-corrected chi connectivity index (χ4v) is 2.40. The highest BCUT2D eigenvalue weighted by molar-refractivity contribution is 7.14. The Bertz CT molecular complexity index is 595. The number of aromatic nitrogens is 2. The fourth-order valence-electron chi connectivity index (χ4n) is 1.63. The number of rotatable bonds is 3. The van der Waals surface area contributed by atoms with Crippen LogP contribution in [0, 0.1) is 13.8 Å². The zero-order valence-corrected chi connectivity index (χ0v) is 10.6. The fraction of sp³-hybridized carbons (Fsp3) is 0.182. The van der Waals surface area contributed by atoms with Crippen LogP contribution in [-0.2, 0) is 0 Å². The van der Waals surface area contributed by atoms with Crippen molar-refractivity contribution < 1.29 is 14.7 Å². The summed E-state index contributed by atoms with van der Waals surface area (Å²) in [5.41, 5.74) is 1.77. The van der Waals surface area contributed by atoms with Crippen molar-refractivity contribution in [2.75, 3.05) is 5.32 Å². The van der Waals surface area contributed by atoms with Crippen LogP contribution in [0.3, 0.4) is 0 Å². The molecule has 0 radical (unpaired) electrons. The molecule has 94 valence electrons. The zero-order chi connectivity index (χ0) is 13.3. The van der Waals surface area contributed by atoms with Crippen molar-refractivity contribution in [2.24, 2.45) is 0 Å². The molecule has 0 aromatic carbocycles. The topological polar surface area (TPSA) is 95.1 Å². The van der Waals surface area contributed by atoms with Gasteiger partial charge in [-0.25, -0.2) is 4.79 Å². The first kappa shape index (κ1) is 12.3. The third-order valence-corrected chi connectivity index (χ3v) is 3.31. The lowest BCUT2D eigenvalue weighted by atomic mass is 10.2. The van der Waals surface area contributed by atoms with Gasteiger partial charge in [-0.2, -0.15) is 5.10 Å². The number of carboxylic acid groups (broad SMARTS) is 1. The smallest absolute Gasteiger partial charge is 0.338 e. The van der Waals surface area contributed by atoms with Gasteiger partial charge in [-0.3, -0.25) is 9.89 Å². The maximum atomic E-state index is 12.0. The molecule has 0 spiro atoms. The normalized spacial score (nSPS) is 10.3. The molecule has 2 aromatic rings. The first-order valence-electron chi connectivity index (χ1n) is 5.14. The minimum atomic E-state index is -1.06. The van der Waals surface area contributed by atoms with E-state index in [1.165, 1.54) is 17.4 Å². The number of aromatic carboxylic acids is 1. The molecule has 6 nitrogen and oxygen atoms in total. The van der Waals surface area contributed by atoms with Gasteiger partial charge in [0.25, 0.3) is 5.91 Å². The van der Waals surface area contributed by atoms with E-state index in [0.29, 0.717) is 22.0 Å². The Morgan fingerprint density at radius 2 is 2.17 bits per heavy atom. The molecule has 0 saturated carbocycles. The number of carbonyl (C=O) groups is 2. The number of nitrogens with one attached hydrogen (secondary N) is 2. The second-order valence-electron chi connectivity index (χ2n) is 3.73. The quantitative estimate of drug-likeness (QED) is 0.791. The van der Waals surface area contributed by atoms with Crippen molar-refractivity contribution in [3.8, 4) is 0 Å². The van der Waals surface area contributed by atoms with Crippen molar-refractivity contribution in [3.63, 3.8) is 0 Å². The number of amides is 1. The molecule has 0 saturated heterocycles. The average Bonchev–Trinajstić information content (AvgIpc) is 2.86. The van der Waals surface area contributed by atoms with Gasteiger partial charge in [0.05, 0.1) is 16.8 Å². The van der Waals surface area contributed by atoms with Gasteiger partial charge in [0.1, 0.15) is 5.00 Å². The number of hydrogen-bond acceptors (Lipinski definition) is 4.